The summed E-state index contributed by atoms with van der Waals surface area (Å²) in [7, 11) is 0. The Morgan fingerprint density at radius 3 is 2.57 bits per heavy atom. The molecule has 0 bridgehead atoms. The van der Waals surface area contributed by atoms with Gasteiger partial charge >= 0.3 is 5.69 Å². The number of H-pyrrole nitrogens is 1. The second kappa shape index (κ2) is 7.42. The third-order valence-corrected chi connectivity index (χ3v) is 5.06. The number of benzene rings is 2. The number of halogens is 1. The Morgan fingerprint density at radius 1 is 1.11 bits per heavy atom. The highest BCUT2D eigenvalue weighted by molar-refractivity contribution is 5.79. The standard InChI is InChI=1S/C21H20FN3O3/c22-17-7-3-1-5-14(17)13-25(15-9-10-15)19(26)11-12-24-18-8-4-2-6-16(18)20(27)23-21(24)28/h1-8,15H,9-13H2,(H,23,27,28). The Kier molecular flexibility index (Phi) is 4.81. The second-order valence-corrected chi connectivity index (χ2v) is 7.02. The lowest BCUT2D eigenvalue weighted by Gasteiger charge is -2.23. The van der Waals surface area contributed by atoms with Crippen molar-refractivity contribution in [3.8, 4) is 0 Å². The zero-order valence-electron chi connectivity index (χ0n) is 15.2. The van der Waals surface area contributed by atoms with Crippen LogP contribution in [0.15, 0.2) is 58.1 Å². The van der Waals surface area contributed by atoms with Gasteiger partial charge in [-0.3, -0.25) is 19.1 Å². The van der Waals surface area contributed by atoms with Crippen molar-refractivity contribution in [1.29, 1.82) is 0 Å². The van der Waals surface area contributed by atoms with E-state index in [4.69, 9.17) is 0 Å². The number of fused-ring (bicyclic) bond motifs is 1. The van der Waals surface area contributed by atoms with Gasteiger partial charge in [0.15, 0.2) is 0 Å². The molecule has 1 aliphatic rings. The number of amides is 1. The van der Waals surface area contributed by atoms with E-state index in [2.05, 4.69) is 4.98 Å². The van der Waals surface area contributed by atoms with Crippen molar-refractivity contribution in [2.24, 2.45) is 0 Å². The van der Waals surface area contributed by atoms with Gasteiger partial charge in [-0.15, -0.1) is 0 Å². The highest BCUT2D eigenvalue weighted by Crippen LogP contribution is 2.29. The fourth-order valence-corrected chi connectivity index (χ4v) is 3.43. The molecule has 0 saturated heterocycles. The van der Waals surface area contributed by atoms with Crippen LogP contribution in [0.4, 0.5) is 4.39 Å². The number of hydrogen-bond acceptors (Lipinski definition) is 3. The van der Waals surface area contributed by atoms with E-state index in [1.54, 1.807) is 47.4 Å². The lowest BCUT2D eigenvalue weighted by molar-refractivity contribution is -0.132. The van der Waals surface area contributed by atoms with Crippen molar-refractivity contribution in [2.75, 3.05) is 0 Å². The Labute approximate surface area is 160 Å². The molecule has 1 N–H and O–H groups in total. The average Bonchev–Trinajstić information content (AvgIpc) is 3.52. The zero-order chi connectivity index (χ0) is 19.7. The van der Waals surface area contributed by atoms with Crippen molar-refractivity contribution in [2.45, 2.75) is 38.4 Å². The van der Waals surface area contributed by atoms with E-state index in [0.717, 1.165) is 12.8 Å². The highest BCUT2D eigenvalue weighted by atomic mass is 19.1. The van der Waals surface area contributed by atoms with Crippen LogP contribution in [0.5, 0.6) is 0 Å². The fourth-order valence-electron chi connectivity index (χ4n) is 3.43. The Morgan fingerprint density at radius 2 is 1.82 bits per heavy atom. The predicted octanol–water partition coefficient (Wildman–Crippen LogP) is 2.41. The molecular formula is C21H20FN3O3. The first kappa shape index (κ1) is 18.2. The molecule has 6 nitrogen and oxygen atoms in total. The number of aromatic nitrogens is 2. The van der Waals surface area contributed by atoms with E-state index >= 15 is 0 Å². The minimum Gasteiger partial charge on any atom is -0.335 e. The molecule has 1 amide bonds. The Balaban J connectivity index is 1.55. The molecule has 0 unspecified atom stereocenters. The monoisotopic (exact) mass is 381 g/mol. The number of rotatable bonds is 6. The molecule has 144 valence electrons. The number of aromatic amines is 1. The number of carbonyl (C=O) groups is 1. The Hall–Kier alpha value is -3.22. The maximum atomic E-state index is 14.0. The van der Waals surface area contributed by atoms with Crippen LogP contribution in [0.1, 0.15) is 24.8 Å². The summed E-state index contributed by atoms with van der Waals surface area (Å²) >= 11 is 0. The van der Waals surface area contributed by atoms with Crippen LogP contribution in [0.2, 0.25) is 0 Å². The summed E-state index contributed by atoms with van der Waals surface area (Å²) < 4.78 is 15.4. The van der Waals surface area contributed by atoms with Crippen molar-refractivity contribution in [3.05, 3.63) is 80.7 Å². The van der Waals surface area contributed by atoms with Gasteiger partial charge < -0.3 is 4.90 Å². The third-order valence-electron chi connectivity index (χ3n) is 5.06. The minimum atomic E-state index is -0.538. The van der Waals surface area contributed by atoms with Gasteiger partial charge in [0.2, 0.25) is 5.91 Å². The Bertz CT molecular complexity index is 1150. The van der Waals surface area contributed by atoms with Gasteiger partial charge in [0.1, 0.15) is 5.82 Å². The number of nitrogens with zero attached hydrogens (tertiary/aromatic N) is 2. The molecule has 1 fully saturated rings. The minimum absolute atomic E-state index is 0.0981. The number of carbonyl (C=O) groups excluding carboxylic acids is 1. The normalized spacial score (nSPS) is 13.6. The SMILES string of the molecule is O=C(CCn1c(=O)[nH]c(=O)c2ccccc21)N(Cc1ccccc1F)C1CC1. The molecule has 0 aliphatic heterocycles. The lowest BCUT2D eigenvalue weighted by Crippen LogP contribution is -2.35. The smallest absolute Gasteiger partial charge is 0.328 e. The molecule has 1 aromatic heterocycles. The summed E-state index contributed by atoms with van der Waals surface area (Å²) in [6.45, 7) is 0.368. The van der Waals surface area contributed by atoms with E-state index < -0.39 is 11.2 Å². The largest absolute Gasteiger partial charge is 0.335 e. The number of para-hydroxylation sites is 1. The lowest BCUT2D eigenvalue weighted by atomic mass is 10.2. The van der Waals surface area contributed by atoms with E-state index in [9.17, 15) is 18.8 Å². The first-order chi connectivity index (χ1) is 13.5. The van der Waals surface area contributed by atoms with E-state index in [1.165, 1.54) is 10.6 Å². The topological polar surface area (TPSA) is 75.2 Å². The molecule has 28 heavy (non-hydrogen) atoms. The average molecular weight is 381 g/mol. The van der Waals surface area contributed by atoms with Gasteiger partial charge in [0.25, 0.3) is 5.56 Å². The summed E-state index contributed by atoms with van der Waals surface area (Å²) in [6, 6.07) is 13.4. The van der Waals surface area contributed by atoms with E-state index in [1.807, 2.05) is 0 Å². The summed E-state index contributed by atoms with van der Waals surface area (Å²) in [5.41, 5.74) is -0.00329. The van der Waals surface area contributed by atoms with Crippen LogP contribution >= 0.6 is 0 Å². The quantitative estimate of drug-likeness (QED) is 0.713. The maximum Gasteiger partial charge on any atom is 0.328 e. The molecule has 1 saturated carbocycles. The van der Waals surface area contributed by atoms with Crippen LogP contribution in [-0.4, -0.2) is 26.4 Å². The van der Waals surface area contributed by atoms with Crippen molar-refractivity contribution in [3.63, 3.8) is 0 Å². The summed E-state index contributed by atoms with van der Waals surface area (Å²) in [4.78, 5) is 41.0. The molecule has 0 atom stereocenters. The molecular weight excluding hydrogens is 361 g/mol. The second-order valence-electron chi connectivity index (χ2n) is 7.02. The maximum absolute atomic E-state index is 14.0. The van der Waals surface area contributed by atoms with Crippen LogP contribution < -0.4 is 11.2 Å². The van der Waals surface area contributed by atoms with Gasteiger partial charge in [-0.2, -0.15) is 0 Å². The summed E-state index contributed by atoms with van der Waals surface area (Å²) in [5, 5.41) is 0.403. The van der Waals surface area contributed by atoms with Crippen molar-refractivity contribution in [1.82, 2.24) is 14.5 Å². The van der Waals surface area contributed by atoms with E-state index in [0.29, 0.717) is 16.5 Å². The van der Waals surface area contributed by atoms with Gasteiger partial charge in [-0.05, 0) is 31.0 Å². The molecule has 2 aromatic carbocycles. The third kappa shape index (κ3) is 3.60. The molecule has 0 spiro atoms. The van der Waals surface area contributed by atoms with Gasteiger partial charge in [-0.1, -0.05) is 30.3 Å². The fraction of sp³-hybridized carbons (Fsp3) is 0.286. The summed E-state index contributed by atoms with van der Waals surface area (Å²) in [6.07, 6.45) is 1.91. The molecule has 1 aliphatic carbocycles. The first-order valence-corrected chi connectivity index (χ1v) is 9.29. The number of hydrogen-bond donors (Lipinski definition) is 1. The number of nitrogens with one attached hydrogen (secondary N) is 1. The van der Waals surface area contributed by atoms with E-state index in [-0.39, 0.29) is 37.3 Å². The van der Waals surface area contributed by atoms with Crippen molar-refractivity contribution >= 4 is 16.8 Å². The molecule has 3 aromatic rings. The van der Waals surface area contributed by atoms with Crippen LogP contribution in [0.25, 0.3) is 10.9 Å². The molecule has 1 heterocycles. The zero-order valence-corrected chi connectivity index (χ0v) is 15.2. The van der Waals surface area contributed by atoms with Gasteiger partial charge in [0, 0.05) is 31.1 Å². The summed E-state index contributed by atoms with van der Waals surface area (Å²) in [5.74, 6) is -0.461. The van der Waals surface area contributed by atoms with Gasteiger partial charge in [-0.25, -0.2) is 9.18 Å². The molecule has 0 radical (unpaired) electrons. The number of aryl methyl sites for hydroxylation is 1. The molecule has 7 heteroatoms. The predicted molar refractivity (Wildman–Crippen MR) is 103 cm³/mol. The van der Waals surface area contributed by atoms with Crippen LogP contribution in [-0.2, 0) is 17.9 Å². The van der Waals surface area contributed by atoms with Crippen LogP contribution in [0.3, 0.4) is 0 Å². The molecule has 4 rings (SSSR count). The van der Waals surface area contributed by atoms with Crippen molar-refractivity contribution < 1.29 is 9.18 Å². The first-order valence-electron chi connectivity index (χ1n) is 9.29. The van der Waals surface area contributed by atoms with Crippen LogP contribution in [0, 0.1) is 5.82 Å². The highest BCUT2D eigenvalue weighted by Gasteiger charge is 2.32. The van der Waals surface area contributed by atoms with Gasteiger partial charge in [0.05, 0.1) is 10.9 Å².